The lowest BCUT2D eigenvalue weighted by Gasteiger charge is -2.35. The molecule has 2 heterocycles. The van der Waals surface area contributed by atoms with Crippen LogP contribution in [0.1, 0.15) is 16.5 Å². The second-order valence-corrected chi connectivity index (χ2v) is 6.76. The van der Waals surface area contributed by atoms with Gasteiger partial charge in [0.2, 0.25) is 0 Å². The normalized spacial score (nSPS) is 16.5. The van der Waals surface area contributed by atoms with Gasteiger partial charge in [-0.2, -0.15) is 0 Å². The molecule has 0 amide bonds. The molecule has 0 saturated carbocycles. The Bertz CT molecular complexity index is 551. The van der Waals surface area contributed by atoms with Crippen molar-refractivity contribution in [2.45, 2.75) is 6.04 Å². The second kappa shape index (κ2) is 9.33. The highest BCUT2D eigenvalue weighted by atomic mass is 35.5. The Kier molecular flexibility index (Phi) is 8.50. The largest absolute Gasteiger partial charge is 0.314 e. The lowest BCUT2D eigenvalue weighted by Crippen LogP contribution is -2.45. The molecule has 2 nitrogen and oxygen atoms in total. The average Bonchev–Trinajstić information content (AvgIpc) is 2.93. The lowest BCUT2D eigenvalue weighted by atomic mass is 10.0. The zero-order chi connectivity index (χ0) is 13.9. The van der Waals surface area contributed by atoms with Crippen molar-refractivity contribution in [2.75, 3.05) is 26.2 Å². The third-order valence-electron chi connectivity index (χ3n) is 3.53. The van der Waals surface area contributed by atoms with Gasteiger partial charge in [-0.25, -0.2) is 0 Å². The van der Waals surface area contributed by atoms with E-state index in [1.807, 2.05) is 12.1 Å². The van der Waals surface area contributed by atoms with Gasteiger partial charge in [0.05, 0.1) is 6.04 Å². The number of rotatable bonds is 3. The van der Waals surface area contributed by atoms with Gasteiger partial charge < -0.3 is 5.32 Å². The van der Waals surface area contributed by atoms with E-state index in [4.69, 9.17) is 23.2 Å². The highest BCUT2D eigenvalue weighted by molar-refractivity contribution is 7.10. The molecular weight excluding hydrogens is 382 g/mol. The molecule has 22 heavy (non-hydrogen) atoms. The molecule has 122 valence electrons. The van der Waals surface area contributed by atoms with Crippen LogP contribution in [-0.4, -0.2) is 31.1 Å². The minimum atomic E-state index is 0. The predicted molar refractivity (Wildman–Crippen MR) is 102 cm³/mol. The number of hydrogen-bond acceptors (Lipinski definition) is 3. The fraction of sp³-hybridized carbons (Fsp3) is 0.333. The first-order chi connectivity index (χ1) is 9.74. The summed E-state index contributed by atoms with van der Waals surface area (Å²) in [6, 6.07) is 10.4. The summed E-state index contributed by atoms with van der Waals surface area (Å²) in [7, 11) is 0. The van der Waals surface area contributed by atoms with Gasteiger partial charge in [-0.3, -0.25) is 4.90 Å². The van der Waals surface area contributed by atoms with Crippen molar-refractivity contribution in [3.63, 3.8) is 0 Å². The number of benzene rings is 1. The van der Waals surface area contributed by atoms with Crippen LogP contribution in [0.5, 0.6) is 0 Å². The van der Waals surface area contributed by atoms with E-state index >= 15 is 0 Å². The molecule has 7 heteroatoms. The van der Waals surface area contributed by atoms with Crippen LogP contribution in [0.3, 0.4) is 0 Å². The van der Waals surface area contributed by atoms with Crippen LogP contribution in [0.2, 0.25) is 10.0 Å². The SMILES string of the molecule is Cl.Cl.Clc1cc(Cl)cc([C@@H](c2cccs2)N2CCNCC2)c1. The number of nitrogens with one attached hydrogen (secondary N) is 1. The van der Waals surface area contributed by atoms with Crippen LogP contribution in [0.4, 0.5) is 0 Å². The number of thiophene rings is 1. The molecular formula is C15H18Cl4N2S. The van der Waals surface area contributed by atoms with Gasteiger partial charge in [0.15, 0.2) is 0 Å². The van der Waals surface area contributed by atoms with Crippen molar-refractivity contribution in [3.05, 3.63) is 56.2 Å². The standard InChI is InChI=1S/C15H16Cl2N2S.2ClH/c16-12-8-11(9-13(17)10-12)15(14-2-1-7-20-14)19-5-3-18-4-6-19;;/h1-2,7-10,15,18H,3-6H2;2*1H/t15-;;/m0../s1. The van der Waals surface area contributed by atoms with E-state index in [9.17, 15) is 0 Å². The monoisotopic (exact) mass is 398 g/mol. The molecule has 3 rings (SSSR count). The first-order valence-corrected chi connectivity index (χ1v) is 8.32. The zero-order valence-corrected chi connectivity index (χ0v) is 15.8. The van der Waals surface area contributed by atoms with Crippen LogP contribution in [0, 0.1) is 0 Å². The van der Waals surface area contributed by atoms with Gasteiger partial charge >= 0.3 is 0 Å². The number of piperazine rings is 1. The maximum Gasteiger partial charge on any atom is 0.0697 e. The van der Waals surface area contributed by atoms with Crippen LogP contribution >= 0.6 is 59.4 Å². The molecule has 0 bridgehead atoms. The van der Waals surface area contributed by atoms with Gasteiger partial charge in [-0.05, 0) is 35.2 Å². The molecule has 0 aliphatic carbocycles. The first kappa shape index (κ1) is 20.0. The summed E-state index contributed by atoms with van der Waals surface area (Å²) in [5.74, 6) is 0. The van der Waals surface area contributed by atoms with Gasteiger partial charge in [0.1, 0.15) is 0 Å². The van der Waals surface area contributed by atoms with E-state index in [2.05, 4.69) is 27.7 Å². The maximum atomic E-state index is 6.18. The van der Waals surface area contributed by atoms with Crippen LogP contribution < -0.4 is 5.32 Å². The molecule has 0 unspecified atom stereocenters. The molecule has 0 spiro atoms. The van der Waals surface area contributed by atoms with Crippen LogP contribution in [0.15, 0.2) is 35.7 Å². The summed E-state index contributed by atoms with van der Waals surface area (Å²) in [6.45, 7) is 4.12. The van der Waals surface area contributed by atoms with Crippen molar-refractivity contribution < 1.29 is 0 Å². The Labute approximate surface area is 157 Å². The molecule has 1 aliphatic rings. The minimum Gasteiger partial charge on any atom is -0.314 e. The highest BCUT2D eigenvalue weighted by Crippen LogP contribution is 2.34. The maximum absolute atomic E-state index is 6.18. The smallest absolute Gasteiger partial charge is 0.0697 e. The summed E-state index contributed by atoms with van der Waals surface area (Å²) in [5.41, 5.74) is 1.17. The van der Waals surface area contributed by atoms with Gasteiger partial charge in [-0.1, -0.05) is 29.3 Å². The molecule has 1 aromatic heterocycles. The second-order valence-electron chi connectivity index (χ2n) is 4.91. The van der Waals surface area contributed by atoms with Gasteiger partial charge in [-0.15, -0.1) is 36.2 Å². The topological polar surface area (TPSA) is 15.3 Å². The van der Waals surface area contributed by atoms with Crippen molar-refractivity contribution >= 4 is 59.4 Å². The predicted octanol–water partition coefficient (Wildman–Crippen LogP) is 4.89. The molecule has 1 saturated heterocycles. The molecule has 1 N–H and O–H groups in total. The van der Waals surface area contributed by atoms with E-state index in [0.717, 1.165) is 26.2 Å². The Balaban J connectivity index is 0.00000121. The van der Waals surface area contributed by atoms with E-state index < -0.39 is 0 Å². The van der Waals surface area contributed by atoms with Gasteiger partial charge in [0.25, 0.3) is 0 Å². The molecule has 1 atom stereocenters. The van der Waals surface area contributed by atoms with Crippen molar-refractivity contribution in [2.24, 2.45) is 0 Å². The van der Waals surface area contributed by atoms with E-state index in [1.54, 1.807) is 17.4 Å². The summed E-state index contributed by atoms with van der Waals surface area (Å²) < 4.78 is 0. The zero-order valence-electron chi connectivity index (χ0n) is 11.8. The highest BCUT2D eigenvalue weighted by Gasteiger charge is 2.25. The summed E-state index contributed by atoms with van der Waals surface area (Å²) in [6.07, 6.45) is 0. The van der Waals surface area contributed by atoms with Crippen LogP contribution in [-0.2, 0) is 0 Å². The van der Waals surface area contributed by atoms with E-state index in [0.29, 0.717) is 10.0 Å². The Morgan fingerprint density at radius 2 is 1.68 bits per heavy atom. The fourth-order valence-electron chi connectivity index (χ4n) is 2.68. The molecule has 2 aromatic rings. The summed E-state index contributed by atoms with van der Waals surface area (Å²) in [4.78, 5) is 3.83. The molecule has 1 aromatic carbocycles. The first-order valence-electron chi connectivity index (χ1n) is 6.68. The molecule has 1 aliphatic heterocycles. The summed E-state index contributed by atoms with van der Waals surface area (Å²) >= 11 is 14.1. The van der Waals surface area contributed by atoms with Gasteiger partial charge in [0, 0.05) is 41.1 Å². The number of hydrogen-bond donors (Lipinski definition) is 1. The fourth-order valence-corrected chi connectivity index (χ4v) is 4.10. The van der Waals surface area contributed by atoms with Crippen molar-refractivity contribution in [3.8, 4) is 0 Å². The quantitative estimate of drug-likeness (QED) is 0.789. The Morgan fingerprint density at radius 3 is 2.23 bits per heavy atom. The Morgan fingerprint density at radius 1 is 1.05 bits per heavy atom. The average molecular weight is 400 g/mol. The Hall–Kier alpha value is -0.000000000000000250. The third kappa shape index (κ3) is 4.75. The lowest BCUT2D eigenvalue weighted by molar-refractivity contribution is 0.200. The summed E-state index contributed by atoms with van der Waals surface area (Å²) in [5, 5.41) is 6.92. The number of nitrogens with zero attached hydrogens (tertiary/aromatic N) is 1. The van der Waals surface area contributed by atoms with Crippen LogP contribution in [0.25, 0.3) is 0 Å². The van der Waals surface area contributed by atoms with Crippen molar-refractivity contribution in [1.29, 1.82) is 0 Å². The van der Waals surface area contributed by atoms with E-state index in [1.165, 1.54) is 10.4 Å². The molecule has 0 radical (unpaired) electrons. The van der Waals surface area contributed by atoms with Crippen molar-refractivity contribution in [1.82, 2.24) is 10.2 Å². The molecule has 1 fully saturated rings. The number of halogens is 4. The van der Waals surface area contributed by atoms with E-state index in [-0.39, 0.29) is 30.9 Å². The third-order valence-corrected chi connectivity index (χ3v) is 4.89. The minimum absolute atomic E-state index is 0.